The van der Waals surface area contributed by atoms with Gasteiger partial charge in [0, 0.05) is 11.7 Å². The highest BCUT2D eigenvalue weighted by Gasteiger charge is 2.18. The van der Waals surface area contributed by atoms with Crippen molar-refractivity contribution >= 4 is 5.69 Å². The molecule has 0 bridgehead atoms. The predicted molar refractivity (Wildman–Crippen MR) is 55.5 cm³/mol. The fourth-order valence-electron chi connectivity index (χ4n) is 2.19. The molecule has 4 N–H and O–H groups in total. The van der Waals surface area contributed by atoms with E-state index in [0.29, 0.717) is 0 Å². The minimum atomic E-state index is 0.132. The molecule has 1 atom stereocenters. The van der Waals surface area contributed by atoms with Gasteiger partial charge in [0.15, 0.2) is 0 Å². The first-order valence-corrected chi connectivity index (χ1v) is 4.86. The maximum absolute atomic E-state index is 5.90. The molecule has 2 nitrogen and oxygen atoms in total. The van der Waals surface area contributed by atoms with E-state index in [1.54, 1.807) is 0 Å². The first-order chi connectivity index (χ1) is 6.20. The molecule has 0 saturated heterocycles. The Morgan fingerprint density at radius 3 is 2.62 bits per heavy atom. The van der Waals surface area contributed by atoms with Gasteiger partial charge in [0.1, 0.15) is 0 Å². The average molecular weight is 176 g/mol. The van der Waals surface area contributed by atoms with Gasteiger partial charge < -0.3 is 11.5 Å². The second-order valence-electron chi connectivity index (χ2n) is 3.84. The Hall–Kier alpha value is -1.02. The van der Waals surface area contributed by atoms with Gasteiger partial charge >= 0.3 is 0 Å². The predicted octanol–water partition coefficient (Wildman–Crippen LogP) is 1.78. The van der Waals surface area contributed by atoms with E-state index in [1.807, 2.05) is 13.0 Å². The van der Waals surface area contributed by atoms with Gasteiger partial charge in [0.2, 0.25) is 0 Å². The first-order valence-electron chi connectivity index (χ1n) is 4.86. The lowest BCUT2D eigenvalue weighted by atomic mass is 9.97. The Labute approximate surface area is 78.9 Å². The average Bonchev–Trinajstić information content (AvgIpc) is 2.53. The monoisotopic (exact) mass is 176 g/mol. The van der Waals surface area contributed by atoms with Gasteiger partial charge in [0.05, 0.1) is 0 Å². The van der Waals surface area contributed by atoms with E-state index in [2.05, 4.69) is 6.07 Å². The maximum Gasteiger partial charge on any atom is 0.0349 e. The number of hydrogen-bond donors (Lipinski definition) is 2. The van der Waals surface area contributed by atoms with E-state index < -0.39 is 0 Å². The summed E-state index contributed by atoms with van der Waals surface area (Å²) in [4.78, 5) is 0. The molecule has 0 heterocycles. The van der Waals surface area contributed by atoms with Gasteiger partial charge in [-0.1, -0.05) is 6.07 Å². The van der Waals surface area contributed by atoms with Crippen molar-refractivity contribution in [1.82, 2.24) is 0 Å². The number of rotatable bonds is 1. The van der Waals surface area contributed by atoms with Crippen LogP contribution in [0.15, 0.2) is 12.1 Å². The fraction of sp³-hybridized carbons (Fsp3) is 0.455. The minimum Gasteiger partial charge on any atom is -0.398 e. The number of benzene rings is 1. The first kappa shape index (κ1) is 8.57. The third-order valence-corrected chi connectivity index (χ3v) is 2.85. The highest BCUT2D eigenvalue weighted by molar-refractivity contribution is 5.56. The molecule has 1 aromatic carbocycles. The van der Waals surface area contributed by atoms with E-state index in [0.717, 1.165) is 18.5 Å². The summed E-state index contributed by atoms with van der Waals surface area (Å²) in [6.45, 7) is 2.03. The summed E-state index contributed by atoms with van der Waals surface area (Å²) in [5.74, 6) is 0. The molecule has 0 amide bonds. The van der Waals surface area contributed by atoms with Gasteiger partial charge in [0.25, 0.3) is 0 Å². The summed E-state index contributed by atoms with van der Waals surface area (Å²) in [5.41, 5.74) is 16.8. The van der Waals surface area contributed by atoms with Gasteiger partial charge in [-0.3, -0.25) is 0 Å². The lowest BCUT2D eigenvalue weighted by Gasteiger charge is -2.13. The molecule has 2 heteroatoms. The van der Waals surface area contributed by atoms with Gasteiger partial charge in [-0.05, 0) is 48.9 Å². The molecule has 1 aliphatic carbocycles. The van der Waals surface area contributed by atoms with Crippen molar-refractivity contribution in [1.29, 1.82) is 0 Å². The molecular weight excluding hydrogens is 160 g/mol. The molecule has 0 spiro atoms. The number of nitrogen functional groups attached to an aromatic ring is 1. The van der Waals surface area contributed by atoms with Crippen LogP contribution in [0.1, 0.15) is 36.1 Å². The van der Waals surface area contributed by atoms with Gasteiger partial charge in [-0.2, -0.15) is 0 Å². The van der Waals surface area contributed by atoms with E-state index in [-0.39, 0.29) is 6.04 Å². The molecule has 0 unspecified atom stereocenters. The van der Waals surface area contributed by atoms with E-state index in [1.165, 1.54) is 23.1 Å². The van der Waals surface area contributed by atoms with Crippen LogP contribution in [-0.4, -0.2) is 0 Å². The zero-order valence-electron chi connectivity index (χ0n) is 8.01. The molecule has 2 rings (SSSR count). The van der Waals surface area contributed by atoms with Crippen molar-refractivity contribution in [2.45, 2.75) is 32.2 Å². The molecule has 0 aliphatic heterocycles. The molecule has 70 valence electrons. The second kappa shape index (κ2) is 3.04. The van der Waals surface area contributed by atoms with Crippen molar-refractivity contribution in [3.63, 3.8) is 0 Å². The Morgan fingerprint density at radius 2 is 1.92 bits per heavy atom. The fourth-order valence-corrected chi connectivity index (χ4v) is 2.19. The van der Waals surface area contributed by atoms with Crippen molar-refractivity contribution in [3.8, 4) is 0 Å². The number of anilines is 1. The largest absolute Gasteiger partial charge is 0.398 e. The lowest BCUT2D eigenvalue weighted by molar-refractivity contribution is 0.799. The van der Waals surface area contributed by atoms with Crippen molar-refractivity contribution in [3.05, 3.63) is 28.8 Å². The summed E-state index contributed by atoms with van der Waals surface area (Å²) >= 11 is 0. The van der Waals surface area contributed by atoms with E-state index in [9.17, 15) is 0 Å². The Kier molecular flexibility index (Phi) is 2.00. The van der Waals surface area contributed by atoms with Crippen LogP contribution in [0.5, 0.6) is 0 Å². The molecule has 13 heavy (non-hydrogen) atoms. The summed E-state index contributed by atoms with van der Waals surface area (Å²) < 4.78 is 0. The minimum absolute atomic E-state index is 0.132. The number of nitrogens with two attached hydrogens (primary N) is 2. The molecule has 0 fully saturated rings. The second-order valence-corrected chi connectivity index (χ2v) is 3.84. The van der Waals surface area contributed by atoms with Gasteiger partial charge in [-0.15, -0.1) is 0 Å². The zero-order valence-corrected chi connectivity index (χ0v) is 8.01. The Morgan fingerprint density at radius 1 is 1.23 bits per heavy atom. The molecule has 0 aromatic heterocycles. The Balaban J connectivity index is 2.56. The summed E-state index contributed by atoms with van der Waals surface area (Å²) in [6, 6.07) is 4.19. The standard InChI is InChI=1S/C11H16N2/c1-7(12)8-5-6-11(13)10-4-2-3-9(8)10/h5-7H,2-4,12-13H2,1H3/t7-/m1/s1. The highest BCUT2D eigenvalue weighted by atomic mass is 14.6. The Bertz CT molecular complexity index is 329. The summed E-state index contributed by atoms with van der Waals surface area (Å²) in [6.07, 6.45) is 3.50. The van der Waals surface area contributed by atoms with Crippen LogP contribution in [0, 0.1) is 0 Å². The summed E-state index contributed by atoms with van der Waals surface area (Å²) in [5, 5.41) is 0. The molecule has 1 aliphatic rings. The third-order valence-electron chi connectivity index (χ3n) is 2.85. The molecule has 0 saturated carbocycles. The number of hydrogen-bond acceptors (Lipinski definition) is 2. The SMILES string of the molecule is C[C@@H](N)c1ccc(N)c2c1CCC2. The summed E-state index contributed by atoms with van der Waals surface area (Å²) in [7, 11) is 0. The van der Waals surface area contributed by atoms with Crippen LogP contribution in [0.25, 0.3) is 0 Å². The van der Waals surface area contributed by atoms with E-state index in [4.69, 9.17) is 11.5 Å². The topological polar surface area (TPSA) is 52.0 Å². The highest BCUT2D eigenvalue weighted by Crippen LogP contribution is 2.32. The van der Waals surface area contributed by atoms with Crippen LogP contribution >= 0.6 is 0 Å². The van der Waals surface area contributed by atoms with Crippen LogP contribution < -0.4 is 11.5 Å². The van der Waals surface area contributed by atoms with Crippen LogP contribution in [0.4, 0.5) is 5.69 Å². The molecule has 1 aromatic rings. The smallest absolute Gasteiger partial charge is 0.0349 e. The maximum atomic E-state index is 5.90. The molecular formula is C11H16N2. The van der Waals surface area contributed by atoms with Crippen LogP contribution in [-0.2, 0) is 12.8 Å². The third kappa shape index (κ3) is 1.31. The van der Waals surface area contributed by atoms with Crippen molar-refractivity contribution < 1.29 is 0 Å². The quantitative estimate of drug-likeness (QED) is 0.641. The number of fused-ring (bicyclic) bond motifs is 1. The zero-order chi connectivity index (χ0) is 9.42. The van der Waals surface area contributed by atoms with E-state index >= 15 is 0 Å². The normalized spacial score (nSPS) is 17.1. The van der Waals surface area contributed by atoms with Crippen molar-refractivity contribution in [2.24, 2.45) is 5.73 Å². The van der Waals surface area contributed by atoms with Crippen LogP contribution in [0.2, 0.25) is 0 Å². The lowest BCUT2D eigenvalue weighted by Crippen LogP contribution is -2.09. The van der Waals surface area contributed by atoms with Gasteiger partial charge in [-0.25, -0.2) is 0 Å². The van der Waals surface area contributed by atoms with Crippen molar-refractivity contribution in [2.75, 3.05) is 5.73 Å². The molecule has 0 radical (unpaired) electrons. The van der Waals surface area contributed by atoms with Crippen LogP contribution in [0.3, 0.4) is 0 Å².